The number of Topliss-reactive ketones (excluding diaryl/α,β-unsaturated/α-hetero) is 1. The Morgan fingerprint density at radius 3 is 2.42 bits per heavy atom. The molecule has 1 heterocycles. The fraction of sp³-hybridized carbons (Fsp3) is 0.231. The fourth-order valence-electron chi connectivity index (χ4n) is 7.65. The first kappa shape index (κ1) is 31.1. The van der Waals surface area contributed by atoms with Gasteiger partial charge in [-0.3, -0.25) is 24.1 Å². The van der Waals surface area contributed by atoms with Crippen LogP contribution in [0.2, 0.25) is 0 Å². The van der Waals surface area contributed by atoms with E-state index in [4.69, 9.17) is 9.47 Å². The number of allylic oxidation sites excluding steroid dienone is 6. The third-order valence-corrected chi connectivity index (χ3v) is 9.93. The van der Waals surface area contributed by atoms with E-state index in [9.17, 15) is 28.7 Å². The number of ether oxygens (including phenoxy) is 2. The number of ketones is 2. The SMILES string of the molecule is COc1ccc(OC)c(C=Cc2ccc(N3C(=O)[C@H]4[C@H](CC=C5[C@H](c6cccc(F)c6O)C6=C(C[C@H]54)C(=O)C(C)=CC6=O)C3=O)cc2)c1. The number of carbonyl (C=O) groups excluding carboxylic acids is 4. The van der Waals surface area contributed by atoms with E-state index in [1.54, 1.807) is 33.3 Å². The van der Waals surface area contributed by atoms with Gasteiger partial charge in [0, 0.05) is 33.8 Å². The second-order valence-electron chi connectivity index (χ2n) is 12.5. The van der Waals surface area contributed by atoms with Crippen LogP contribution in [0.5, 0.6) is 17.2 Å². The minimum absolute atomic E-state index is 0.0923. The number of phenolic OH excluding ortho intramolecular Hbond substituents is 1. The van der Waals surface area contributed by atoms with Crippen molar-refractivity contribution in [2.45, 2.75) is 25.7 Å². The average Bonchev–Trinajstić information content (AvgIpc) is 3.35. The van der Waals surface area contributed by atoms with Crippen LogP contribution in [0.15, 0.2) is 95.1 Å². The Bertz CT molecular complexity index is 2040. The zero-order chi connectivity index (χ0) is 33.9. The number of methoxy groups -OCH3 is 2. The maximum absolute atomic E-state index is 14.6. The number of carbonyl (C=O) groups is 4. The zero-order valence-corrected chi connectivity index (χ0v) is 26.5. The van der Waals surface area contributed by atoms with Gasteiger partial charge in [0.1, 0.15) is 11.5 Å². The van der Waals surface area contributed by atoms with Gasteiger partial charge in [0.05, 0.1) is 31.7 Å². The first-order chi connectivity index (χ1) is 23.1. The van der Waals surface area contributed by atoms with Crippen molar-refractivity contribution in [1.29, 1.82) is 0 Å². The van der Waals surface area contributed by atoms with Gasteiger partial charge in [-0.05, 0) is 73.7 Å². The number of fused-ring (bicyclic) bond motifs is 3. The number of halogens is 1. The summed E-state index contributed by atoms with van der Waals surface area (Å²) in [7, 11) is 3.18. The second-order valence-corrected chi connectivity index (χ2v) is 12.5. The lowest BCUT2D eigenvalue weighted by molar-refractivity contribution is -0.123. The fourth-order valence-corrected chi connectivity index (χ4v) is 7.65. The van der Waals surface area contributed by atoms with E-state index in [1.807, 2.05) is 48.6 Å². The van der Waals surface area contributed by atoms with Crippen LogP contribution in [-0.2, 0) is 19.2 Å². The van der Waals surface area contributed by atoms with E-state index in [0.29, 0.717) is 22.8 Å². The highest BCUT2D eigenvalue weighted by Crippen LogP contribution is 2.56. The van der Waals surface area contributed by atoms with Gasteiger partial charge in [-0.15, -0.1) is 0 Å². The molecule has 0 aromatic heterocycles. The molecule has 242 valence electrons. The Balaban J connectivity index is 1.21. The topological polar surface area (TPSA) is 110 Å². The lowest BCUT2D eigenvalue weighted by Gasteiger charge is -2.42. The van der Waals surface area contributed by atoms with Crippen molar-refractivity contribution in [2.24, 2.45) is 17.8 Å². The summed E-state index contributed by atoms with van der Waals surface area (Å²) in [4.78, 5) is 56.1. The molecule has 7 rings (SSSR count). The van der Waals surface area contributed by atoms with Crippen LogP contribution in [-0.4, -0.2) is 42.7 Å². The molecule has 0 spiro atoms. The summed E-state index contributed by atoms with van der Waals surface area (Å²) in [6, 6.07) is 16.6. The standard InChI is InChI=1S/C39H32FNO7/c1-20-17-31(42)35-29(36(20)43)19-28-25(33(35)26-5-4-6-30(40)37(26)44)14-15-27-34(28)39(46)41(38(27)45)23-11-8-21(9-12-23)7-10-22-18-24(47-2)13-16-32(22)48-3/h4-14,16-18,27-28,33-34,44H,15,19H2,1-3H3/t27-,28+,33+,34-/m0/s1. The van der Waals surface area contributed by atoms with Crippen LogP contribution in [0, 0.1) is 23.6 Å². The molecule has 8 nitrogen and oxygen atoms in total. The highest BCUT2D eigenvalue weighted by Gasteiger charge is 2.56. The summed E-state index contributed by atoms with van der Waals surface area (Å²) in [5.74, 6) is -4.52. The first-order valence-corrected chi connectivity index (χ1v) is 15.7. The molecular formula is C39H32FNO7. The number of rotatable bonds is 6. The smallest absolute Gasteiger partial charge is 0.238 e. The molecule has 1 fully saturated rings. The Hall–Kier alpha value is -5.57. The van der Waals surface area contributed by atoms with Crippen molar-refractivity contribution in [3.05, 3.63) is 118 Å². The largest absolute Gasteiger partial charge is 0.505 e. The Morgan fingerprint density at radius 1 is 0.917 bits per heavy atom. The molecule has 1 N–H and O–H groups in total. The number of imide groups is 1. The maximum Gasteiger partial charge on any atom is 0.238 e. The number of nitrogens with zero attached hydrogens (tertiary/aromatic N) is 1. The number of aromatic hydroxyl groups is 1. The van der Waals surface area contributed by atoms with Gasteiger partial charge in [0.25, 0.3) is 0 Å². The predicted molar refractivity (Wildman–Crippen MR) is 177 cm³/mol. The van der Waals surface area contributed by atoms with E-state index in [2.05, 4.69) is 0 Å². The highest BCUT2D eigenvalue weighted by atomic mass is 19.1. The summed E-state index contributed by atoms with van der Waals surface area (Å²) in [5, 5.41) is 10.8. The molecule has 48 heavy (non-hydrogen) atoms. The molecule has 1 saturated heterocycles. The Labute approximate surface area is 276 Å². The van der Waals surface area contributed by atoms with Crippen molar-refractivity contribution in [1.82, 2.24) is 0 Å². The van der Waals surface area contributed by atoms with Crippen molar-refractivity contribution >= 4 is 41.2 Å². The molecule has 0 saturated carbocycles. The van der Waals surface area contributed by atoms with Crippen molar-refractivity contribution < 1.29 is 38.1 Å². The summed E-state index contributed by atoms with van der Waals surface area (Å²) < 4.78 is 25.4. The molecule has 0 bridgehead atoms. The average molecular weight is 646 g/mol. The molecule has 3 aromatic rings. The highest BCUT2D eigenvalue weighted by molar-refractivity contribution is 6.25. The van der Waals surface area contributed by atoms with Crippen molar-refractivity contribution in [3.63, 3.8) is 0 Å². The van der Waals surface area contributed by atoms with E-state index < -0.39 is 41.1 Å². The molecule has 9 heteroatoms. The molecular weight excluding hydrogens is 613 g/mol. The van der Waals surface area contributed by atoms with Gasteiger partial charge in [-0.2, -0.15) is 0 Å². The van der Waals surface area contributed by atoms with E-state index in [1.165, 1.54) is 23.1 Å². The van der Waals surface area contributed by atoms with E-state index >= 15 is 0 Å². The third-order valence-electron chi connectivity index (χ3n) is 9.93. The summed E-state index contributed by atoms with van der Waals surface area (Å²) in [6.07, 6.45) is 7.20. The van der Waals surface area contributed by atoms with Gasteiger partial charge < -0.3 is 14.6 Å². The van der Waals surface area contributed by atoms with Crippen LogP contribution >= 0.6 is 0 Å². The number of amides is 2. The number of anilines is 1. The number of para-hydroxylation sites is 1. The van der Waals surface area contributed by atoms with Crippen LogP contribution < -0.4 is 14.4 Å². The molecule has 1 aliphatic heterocycles. The van der Waals surface area contributed by atoms with Gasteiger partial charge >= 0.3 is 0 Å². The molecule has 4 aliphatic rings. The summed E-state index contributed by atoms with van der Waals surface area (Å²) >= 11 is 0. The minimum atomic E-state index is -0.928. The second kappa shape index (κ2) is 11.9. The minimum Gasteiger partial charge on any atom is -0.505 e. The number of phenols is 1. The number of benzene rings is 3. The van der Waals surface area contributed by atoms with Crippen molar-refractivity contribution in [3.8, 4) is 17.2 Å². The lowest BCUT2D eigenvalue weighted by atomic mass is 9.59. The van der Waals surface area contributed by atoms with E-state index in [-0.39, 0.29) is 52.6 Å². The predicted octanol–water partition coefficient (Wildman–Crippen LogP) is 6.35. The Morgan fingerprint density at radius 2 is 1.69 bits per heavy atom. The first-order valence-electron chi connectivity index (χ1n) is 15.7. The van der Waals surface area contributed by atoms with E-state index in [0.717, 1.165) is 17.2 Å². The van der Waals surface area contributed by atoms with Gasteiger partial charge in [0.15, 0.2) is 23.1 Å². The quantitative estimate of drug-likeness (QED) is 0.144. The van der Waals surface area contributed by atoms with Gasteiger partial charge in [-0.1, -0.05) is 48.1 Å². The molecule has 2 amide bonds. The lowest BCUT2D eigenvalue weighted by Crippen LogP contribution is -2.39. The zero-order valence-electron chi connectivity index (χ0n) is 26.5. The Kier molecular flexibility index (Phi) is 7.70. The molecule has 4 atom stereocenters. The normalized spacial score (nSPS) is 23.5. The molecule has 3 aromatic carbocycles. The van der Waals surface area contributed by atoms with Crippen LogP contribution in [0.4, 0.5) is 10.1 Å². The third kappa shape index (κ3) is 4.89. The monoisotopic (exact) mass is 645 g/mol. The molecule has 0 radical (unpaired) electrons. The van der Waals surface area contributed by atoms with Crippen LogP contribution in [0.3, 0.4) is 0 Å². The number of hydrogen-bond acceptors (Lipinski definition) is 7. The number of hydrogen-bond donors (Lipinski definition) is 1. The van der Waals surface area contributed by atoms with Gasteiger partial charge in [0.2, 0.25) is 11.8 Å². The molecule has 3 aliphatic carbocycles. The summed E-state index contributed by atoms with van der Waals surface area (Å²) in [6.45, 7) is 1.56. The maximum atomic E-state index is 14.6. The van der Waals surface area contributed by atoms with Crippen LogP contribution in [0.25, 0.3) is 12.2 Å². The van der Waals surface area contributed by atoms with Crippen LogP contribution in [0.1, 0.15) is 42.4 Å². The summed E-state index contributed by atoms with van der Waals surface area (Å²) in [5.41, 5.74) is 3.58. The van der Waals surface area contributed by atoms with Crippen molar-refractivity contribution in [2.75, 3.05) is 19.1 Å². The van der Waals surface area contributed by atoms with Gasteiger partial charge in [-0.25, -0.2) is 4.39 Å². The molecule has 0 unspecified atom stereocenters.